The van der Waals surface area contributed by atoms with Crippen LogP contribution >= 0.6 is 11.3 Å². The molecular formula is C46H29NS. The minimum Gasteiger partial charge on any atom is -0.310 e. The van der Waals surface area contributed by atoms with E-state index in [-0.39, 0.29) is 0 Å². The topological polar surface area (TPSA) is 3.24 Å². The molecule has 0 saturated heterocycles. The largest absolute Gasteiger partial charge is 0.310 e. The van der Waals surface area contributed by atoms with E-state index in [4.69, 9.17) is 0 Å². The quantitative estimate of drug-likeness (QED) is 0.176. The van der Waals surface area contributed by atoms with E-state index in [2.05, 4.69) is 181 Å². The maximum Gasteiger partial charge on any atom is 0.0468 e. The Balaban J connectivity index is 1.19. The van der Waals surface area contributed by atoms with E-state index in [1.54, 1.807) is 0 Å². The molecule has 0 N–H and O–H groups in total. The van der Waals surface area contributed by atoms with Crippen molar-refractivity contribution in [1.82, 2.24) is 0 Å². The Hall–Kier alpha value is -5.96. The van der Waals surface area contributed by atoms with Crippen LogP contribution in [0.3, 0.4) is 0 Å². The molecule has 224 valence electrons. The summed E-state index contributed by atoms with van der Waals surface area (Å²) in [5, 5.41) is 12.8. The van der Waals surface area contributed by atoms with Gasteiger partial charge in [-0.15, -0.1) is 11.3 Å². The highest BCUT2D eigenvalue weighted by atomic mass is 32.1. The van der Waals surface area contributed by atoms with Crippen LogP contribution in [0.25, 0.3) is 74.4 Å². The lowest BCUT2D eigenvalue weighted by Gasteiger charge is -2.26. The second-order valence-corrected chi connectivity index (χ2v) is 13.6. The Morgan fingerprint density at radius 1 is 0.333 bits per heavy atom. The third-order valence-electron chi connectivity index (χ3n) is 9.80. The van der Waals surface area contributed by atoms with Gasteiger partial charge < -0.3 is 4.90 Å². The lowest BCUT2D eigenvalue weighted by molar-refractivity contribution is 1.30. The third-order valence-corrected chi connectivity index (χ3v) is 11.0. The molecule has 0 atom stereocenters. The van der Waals surface area contributed by atoms with Gasteiger partial charge in [-0.3, -0.25) is 0 Å². The van der Waals surface area contributed by atoms with Gasteiger partial charge in [0.15, 0.2) is 0 Å². The van der Waals surface area contributed by atoms with Gasteiger partial charge in [-0.05, 0) is 91.3 Å². The van der Waals surface area contributed by atoms with Crippen LogP contribution in [-0.2, 0) is 0 Å². The molecule has 1 heterocycles. The summed E-state index contributed by atoms with van der Waals surface area (Å²) in [5.41, 5.74) is 5.84. The minimum absolute atomic E-state index is 1.13. The Morgan fingerprint density at radius 3 is 1.77 bits per heavy atom. The first kappa shape index (κ1) is 27.2. The number of fused-ring (bicyclic) bond motifs is 10. The number of thiophene rings is 1. The Kier molecular flexibility index (Phi) is 6.12. The molecule has 48 heavy (non-hydrogen) atoms. The van der Waals surface area contributed by atoms with Gasteiger partial charge in [-0.1, -0.05) is 133 Å². The SMILES string of the molecule is c1ccc(-c2ccc(N(c3ccc4c(ccc5ccc6ccccc6c54)c3)c3ccc4ccc5c6ccccc6sc5c4c3)cc2)cc1. The number of hydrogen-bond acceptors (Lipinski definition) is 2. The van der Waals surface area contributed by atoms with Crippen LogP contribution in [0, 0.1) is 0 Å². The van der Waals surface area contributed by atoms with Crippen molar-refractivity contribution in [3.63, 3.8) is 0 Å². The molecule has 9 aromatic carbocycles. The van der Waals surface area contributed by atoms with E-state index in [0.717, 1.165) is 17.1 Å². The van der Waals surface area contributed by atoms with Crippen molar-refractivity contribution in [3.05, 3.63) is 176 Å². The summed E-state index contributed by atoms with van der Waals surface area (Å²) in [5.74, 6) is 0. The first-order valence-corrected chi connectivity index (χ1v) is 17.2. The van der Waals surface area contributed by atoms with Crippen LogP contribution in [0.1, 0.15) is 0 Å². The zero-order valence-electron chi connectivity index (χ0n) is 26.1. The fourth-order valence-corrected chi connectivity index (χ4v) is 8.70. The van der Waals surface area contributed by atoms with Crippen LogP contribution in [0.5, 0.6) is 0 Å². The fourth-order valence-electron chi connectivity index (χ4n) is 7.47. The molecule has 0 amide bonds. The molecular weight excluding hydrogens is 599 g/mol. The van der Waals surface area contributed by atoms with E-state index in [0.29, 0.717) is 0 Å². The summed E-state index contributed by atoms with van der Waals surface area (Å²) in [6.45, 7) is 0. The smallest absolute Gasteiger partial charge is 0.0468 e. The Labute approximate surface area is 282 Å². The highest BCUT2D eigenvalue weighted by molar-refractivity contribution is 7.26. The van der Waals surface area contributed by atoms with E-state index in [1.165, 1.54) is 74.4 Å². The molecule has 0 aliphatic carbocycles. The summed E-state index contributed by atoms with van der Waals surface area (Å²) in [6, 6.07) is 64.5. The van der Waals surface area contributed by atoms with Gasteiger partial charge in [0.2, 0.25) is 0 Å². The highest BCUT2D eigenvalue weighted by Crippen LogP contribution is 2.43. The van der Waals surface area contributed by atoms with Crippen LogP contribution in [-0.4, -0.2) is 0 Å². The van der Waals surface area contributed by atoms with Crippen LogP contribution in [0.2, 0.25) is 0 Å². The number of benzene rings is 9. The Morgan fingerprint density at radius 2 is 0.896 bits per heavy atom. The number of hydrogen-bond donors (Lipinski definition) is 0. The normalized spacial score (nSPS) is 11.8. The summed E-state index contributed by atoms with van der Waals surface area (Å²) in [6.07, 6.45) is 0. The summed E-state index contributed by atoms with van der Waals surface area (Å²) < 4.78 is 2.67. The average Bonchev–Trinajstić information content (AvgIpc) is 3.55. The van der Waals surface area contributed by atoms with Crippen molar-refractivity contribution in [1.29, 1.82) is 0 Å². The zero-order valence-corrected chi connectivity index (χ0v) is 26.9. The molecule has 0 saturated carbocycles. The Bertz CT molecular complexity index is 2830. The first-order chi connectivity index (χ1) is 23.8. The molecule has 0 fully saturated rings. The summed E-state index contributed by atoms with van der Waals surface area (Å²) in [7, 11) is 0. The maximum absolute atomic E-state index is 2.41. The first-order valence-electron chi connectivity index (χ1n) is 16.4. The molecule has 1 nitrogen and oxygen atoms in total. The zero-order chi connectivity index (χ0) is 31.6. The molecule has 10 rings (SSSR count). The summed E-state index contributed by atoms with van der Waals surface area (Å²) in [4.78, 5) is 2.41. The van der Waals surface area contributed by atoms with Crippen molar-refractivity contribution in [2.75, 3.05) is 4.90 Å². The van der Waals surface area contributed by atoms with Crippen LogP contribution < -0.4 is 4.90 Å². The molecule has 10 aromatic rings. The highest BCUT2D eigenvalue weighted by Gasteiger charge is 2.17. The number of anilines is 3. The third kappa shape index (κ3) is 4.31. The minimum atomic E-state index is 1.13. The molecule has 0 aliphatic heterocycles. The number of nitrogens with zero attached hydrogens (tertiary/aromatic N) is 1. The van der Waals surface area contributed by atoms with Gasteiger partial charge in [-0.25, -0.2) is 0 Å². The summed E-state index contributed by atoms with van der Waals surface area (Å²) >= 11 is 1.89. The predicted octanol–water partition coefficient (Wildman–Crippen LogP) is 13.8. The second kappa shape index (κ2) is 10.8. The average molecular weight is 628 g/mol. The van der Waals surface area contributed by atoms with Gasteiger partial charge in [0.05, 0.1) is 0 Å². The van der Waals surface area contributed by atoms with Crippen molar-refractivity contribution in [2.45, 2.75) is 0 Å². The van der Waals surface area contributed by atoms with Crippen molar-refractivity contribution >= 4 is 91.7 Å². The molecule has 0 spiro atoms. The molecule has 2 heteroatoms. The van der Waals surface area contributed by atoms with Crippen molar-refractivity contribution in [2.24, 2.45) is 0 Å². The second-order valence-electron chi connectivity index (χ2n) is 12.6. The van der Waals surface area contributed by atoms with Crippen molar-refractivity contribution in [3.8, 4) is 11.1 Å². The lowest BCUT2D eigenvalue weighted by atomic mass is 9.96. The standard InChI is InChI=1S/C46H29NS/c1-2-8-30(9-3-1)31-18-22-36(23-19-31)47(38-24-20-33-21-26-42-41-12-6-7-13-44(41)48-46(42)43(33)29-38)37-25-27-40-35(28-37)17-16-34-15-14-32-10-4-5-11-39(32)45(34)40/h1-29H. The van der Waals surface area contributed by atoms with Crippen LogP contribution in [0.15, 0.2) is 176 Å². The maximum atomic E-state index is 2.41. The van der Waals surface area contributed by atoms with Gasteiger partial charge >= 0.3 is 0 Å². The van der Waals surface area contributed by atoms with Gasteiger partial charge in [0.1, 0.15) is 0 Å². The van der Waals surface area contributed by atoms with E-state index in [9.17, 15) is 0 Å². The van der Waals surface area contributed by atoms with E-state index in [1.807, 2.05) is 11.3 Å². The van der Waals surface area contributed by atoms with E-state index < -0.39 is 0 Å². The van der Waals surface area contributed by atoms with Crippen LogP contribution in [0.4, 0.5) is 17.1 Å². The molecule has 0 unspecified atom stereocenters. The number of rotatable bonds is 4. The van der Waals surface area contributed by atoms with E-state index >= 15 is 0 Å². The van der Waals surface area contributed by atoms with Crippen molar-refractivity contribution < 1.29 is 0 Å². The molecule has 0 bridgehead atoms. The molecule has 0 radical (unpaired) electrons. The lowest BCUT2D eigenvalue weighted by Crippen LogP contribution is -2.10. The van der Waals surface area contributed by atoms with Gasteiger partial charge in [-0.2, -0.15) is 0 Å². The molecule has 0 aliphatic rings. The molecule has 1 aromatic heterocycles. The fraction of sp³-hybridized carbons (Fsp3) is 0. The predicted molar refractivity (Wildman–Crippen MR) is 209 cm³/mol. The van der Waals surface area contributed by atoms with Gasteiger partial charge in [0, 0.05) is 42.6 Å². The van der Waals surface area contributed by atoms with Gasteiger partial charge in [0.25, 0.3) is 0 Å². The monoisotopic (exact) mass is 627 g/mol.